The minimum absolute atomic E-state index is 0.0569. The van der Waals surface area contributed by atoms with Gasteiger partial charge in [-0.3, -0.25) is 0 Å². The number of ether oxygens (including phenoxy) is 1. The van der Waals surface area contributed by atoms with E-state index in [-0.39, 0.29) is 12.1 Å². The molecule has 0 spiro atoms. The van der Waals surface area contributed by atoms with Crippen LogP contribution in [0.4, 0.5) is 0 Å². The summed E-state index contributed by atoms with van der Waals surface area (Å²) in [5, 5.41) is 0. The summed E-state index contributed by atoms with van der Waals surface area (Å²) >= 11 is 0. The van der Waals surface area contributed by atoms with Crippen LogP contribution in [0.25, 0.3) is 0 Å². The molecular formula is C20H26N2O3S. The van der Waals surface area contributed by atoms with Crippen molar-refractivity contribution in [3.8, 4) is 5.88 Å². The number of sulfonamides is 1. The maximum atomic E-state index is 13.2. The number of aryl methyl sites for hydroxylation is 1. The average molecular weight is 375 g/mol. The van der Waals surface area contributed by atoms with E-state index in [9.17, 15) is 8.42 Å². The molecule has 1 aromatic heterocycles. The molecule has 2 heterocycles. The van der Waals surface area contributed by atoms with E-state index in [1.165, 1.54) is 0 Å². The summed E-state index contributed by atoms with van der Waals surface area (Å²) in [5.74, 6) is 0.563. The average Bonchev–Trinajstić information content (AvgIpc) is 2.62. The largest absolute Gasteiger partial charge is 0.475 e. The van der Waals surface area contributed by atoms with Crippen LogP contribution >= 0.6 is 0 Å². The second-order valence-corrected chi connectivity index (χ2v) is 8.93. The fourth-order valence-corrected chi connectivity index (χ4v) is 4.95. The Hall–Kier alpha value is -1.92. The number of pyridine rings is 1. The van der Waals surface area contributed by atoms with Crippen molar-refractivity contribution in [3.63, 3.8) is 0 Å². The minimum Gasteiger partial charge on any atom is -0.475 e. The maximum absolute atomic E-state index is 13.2. The Labute approximate surface area is 156 Å². The van der Waals surface area contributed by atoms with E-state index < -0.39 is 10.0 Å². The Bertz CT molecular complexity index is 830. The number of hydrogen-bond acceptors (Lipinski definition) is 4. The molecule has 140 valence electrons. The molecule has 0 amide bonds. The van der Waals surface area contributed by atoms with Crippen molar-refractivity contribution in [1.82, 2.24) is 9.29 Å². The molecule has 0 aliphatic carbocycles. The summed E-state index contributed by atoms with van der Waals surface area (Å²) in [6.45, 7) is 6.39. The molecule has 0 bridgehead atoms. The summed E-state index contributed by atoms with van der Waals surface area (Å²) in [5.41, 5.74) is 1.96. The number of piperidine rings is 1. The molecule has 1 atom stereocenters. The molecule has 1 aliphatic rings. The number of nitrogens with zero attached hydrogens (tertiary/aromatic N) is 2. The first-order chi connectivity index (χ1) is 12.4. The van der Waals surface area contributed by atoms with Gasteiger partial charge < -0.3 is 4.74 Å². The van der Waals surface area contributed by atoms with E-state index in [0.717, 1.165) is 30.4 Å². The zero-order valence-electron chi connectivity index (χ0n) is 15.6. The predicted molar refractivity (Wildman–Crippen MR) is 102 cm³/mol. The lowest BCUT2D eigenvalue weighted by atomic mass is 9.99. The topological polar surface area (TPSA) is 59.5 Å². The first-order valence-electron chi connectivity index (χ1n) is 9.09. The van der Waals surface area contributed by atoms with Crippen LogP contribution in [-0.4, -0.2) is 30.4 Å². The summed E-state index contributed by atoms with van der Waals surface area (Å²) in [6.07, 6.45) is 4.49. The van der Waals surface area contributed by atoms with Crippen molar-refractivity contribution in [3.05, 3.63) is 53.7 Å². The fourth-order valence-electron chi connectivity index (χ4n) is 3.27. The van der Waals surface area contributed by atoms with Gasteiger partial charge in [0.15, 0.2) is 0 Å². The second-order valence-electron chi connectivity index (χ2n) is 7.04. The number of hydrogen-bond donors (Lipinski definition) is 0. The Morgan fingerprint density at radius 2 is 1.85 bits per heavy atom. The highest BCUT2D eigenvalue weighted by molar-refractivity contribution is 7.89. The first kappa shape index (κ1) is 18.9. The van der Waals surface area contributed by atoms with E-state index in [1.807, 2.05) is 45.0 Å². The van der Waals surface area contributed by atoms with Gasteiger partial charge in [0, 0.05) is 18.8 Å². The van der Waals surface area contributed by atoms with Crippen LogP contribution in [-0.2, 0) is 10.0 Å². The van der Waals surface area contributed by atoms with Gasteiger partial charge in [-0.2, -0.15) is 4.31 Å². The second kappa shape index (κ2) is 7.76. The first-order valence-corrected chi connectivity index (χ1v) is 10.5. The zero-order valence-corrected chi connectivity index (χ0v) is 16.4. The summed E-state index contributed by atoms with van der Waals surface area (Å²) < 4.78 is 33.6. The normalized spacial score (nSPS) is 18.8. The van der Waals surface area contributed by atoms with Crippen molar-refractivity contribution in [1.29, 1.82) is 0 Å². The van der Waals surface area contributed by atoms with Crippen molar-refractivity contribution < 1.29 is 13.2 Å². The van der Waals surface area contributed by atoms with E-state index in [0.29, 0.717) is 17.3 Å². The van der Waals surface area contributed by atoms with Crippen molar-refractivity contribution in [2.75, 3.05) is 6.54 Å². The van der Waals surface area contributed by atoms with Gasteiger partial charge in [0.2, 0.25) is 15.9 Å². The van der Waals surface area contributed by atoms with Crippen molar-refractivity contribution in [2.24, 2.45) is 0 Å². The number of aromatic nitrogens is 1. The molecule has 0 saturated carbocycles. The molecule has 6 heteroatoms. The Morgan fingerprint density at radius 3 is 2.46 bits per heavy atom. The maximum Gasteiger partial charge on any atom is 0.243 e. The summed E-state index contributed by atoms with van der Waals surface area (Å²) in [7, 11) is -3.53. The lowest BCUT2D eigenvalue weighted by Crippen LogP contribution is -2.38. The zero-order chi connectivity index (χ0) is 18.7. The smallest absolute Gasteiger partial charge is 0.243 e. The molecule has 2 aromatic rings. The quantitative estimate of drug-likeness (QED) is 0.791. The number of benzene rings is 1. The Balaban J connectivity index is 1.89. The summed E-state index contributed by atoms with van der Waals surface area (Å²) in [6, 6.07) is 10.6. The van der Waals surface area contributed by atoms with Gasteiger partial charge in [0.05, 0.1) is 17.0 Å². The van der Waals surface area contributed by atoms with Crippen LogP contribution in [0.3, 0.4) is 0 Å². The van der Waals surface area contributed by atoms with Gasteiger partial charge in [0.25, 0.3) is 0 Å². The van der Waals surface area contributed by atoms with E-state index in [4.69, 9.17) is 4.74 Å². The van der Waals surface area contributed by atoms with Crippen LogP contribution in [0.15, 0.2) is 47.5 Å². The molecule has 3 rings (SSSR count). The van der Waals surface area contributed by atoms with Crippen LogP contribution in [0.2, 0.25) is 0 Å². The standard InChI is InChI=1S/C20H26N2O3S/c1-15(2)25-20-12-9-17(14-21-20)19-6-4-5-13-22(19)26(23,24)18-10-7-16(3)8-11-18/h7-12,14-15,19H,4-6,13H2,1-3H3/t19-/m1/s1. The van der Waals surface area contributed by atoms with E-state index in [1.54, 1.807) is 22.6 Å². The monoisotopic (exact) mass is 374 g/mol. The van der Waals surface area contributed by atoms with Gasteiger partial charge in [-0.25, -0.2) is 13.4 Å². The predicted octanol–water partition coefficient (Wildman–Crippen LogP) is 4.09. The highest BCUT2D eigenvalue weighted by Crippen LogP contribution is 2.35. The highest BCUT2D eigenvalue weighted by atomic mass is 32.2. The molecule has 5 nitrogen and oxygen atoms in total. The fraction of sp³-hybridized carbons (Fsp3) is 0.450. The molecule has 0 N–H and O–H groups in total. The molecule has 1 aliphatic heterocycles. The van der Waals surface area contributed by atoms with Gasteiger partial charge in [-0.05, 0) is 51.3 Å². The van der Waals surface area contributed by atoms with Gasteiger partial charge >= 0.3 is 0 Å². The molecular weight excluding hydrogens is 348 g/mol. The van der Waals surface area contributed by atoms with Crippen LogP contribution < -0.4 is 4.74 Å². The molecule has 1 saturated heterocycles. The van der Waals surface area contributed by atoms with Crippen LogP contribution in [0.5, 0.6) is 5.88 Å². The third kappa shape index (κ3) is 4.07. The lowest BCUT2D eigenvalue weighted by Gasteiger charge is -2.34. The number of rotatable bonds is 5. The van der Waals surface area contributed by atoms with Crippen LogP contribution in [0, 0.1) is 6.92 Å². The minimum atomic E-state index is -3.53. The summed E-state index contributed by atoms with van der Waals surface area (Å²) in [4.78, 5) is 4.70. The van der Waals surface area contributed by atoms with E-state index in [2.05, 4.69) is 4.98 Å². The van der Waals surface area contributed by atoms with Crippen molar-refractivity contribution in [2.45, 2.75) is 57.1 Å². The van der Waals surface area contributed by atoms with Gasteiger partial charge in [-0.1, -0.05) is 30.2 Å². The SMILES string of the molecule is Cc1ccc(S(=O)(=O)N2CCCC[C@@H]2c2ccc(OC(C)C)nc2)cc1. The third-order valence-electron chi connectivity index (χ3n) is 4.58. The molecule has 1 fully saturated rings. The van der Waals surface area contributed by atoms with Crippen LogP contribution in [0.1, 0.15) is 50.3 Å². The van der Waals surface area contributed by atoms with Crippen molar-refractivity contribution >= 4 is 10.0 Å². The van der Waals surface area contributed by atoms with Gasteiger partial charge in [0.1, 0.15) is 0 Å². The molecule has 1 aromatic carbocycles. The molecule has 0 radical (unpaired) electrons. The van der Waals surface area contributed by atoms with E-state index >= 15 is 0 Å². The Morgan fingerprint density at radius 1 is 1.12 bits per heavy atom. The Kier molecular flexibility index (Phi) is 5.63. The molecule has 26 heavy (non-hydrogen) atoms. The third-order valence-corrected chi connectivity index (χ3v) is 6.50. The highest BCUT2D eigenvalue weighted by Gasteiger charge is 2.34. The lowest BCUT2D eigenvalue weighted by molar-refractivity contribution is 0.231. The molecule has 0 unspecified atom stereocenters. The van der Waals surface area contributed by atoms with Gasteiger partial charge in [-0.15, -0.1) is 0 Å².